The van der Waals surface area contributed by atoms with Gasteiger partial charge in [0, 0.05) is 24.7 Å². The van der Waals surface area contributed by atoms with Gasteiger partial charge >= 0.3 is 0 Å². The van der Waals surface area contributed by atoms with Gasteiger partial charge in [0.1, 0.15) is 11.5 Å². The average Bonchev–Trinajstić information content (AvgIpc) is 2.54. The third-order valence-corrected chi connectivity index (χ3v) is 4.21. The van der Waals surface area contributed by atoms with Crippen LogP contribution in [0.5, 0.6) is 11.5 Å². The zero-order valence-electron chi connectivity index (χ0n) is 13.7. The molecule has 0 unspecified atom stereocenters. The monoisotopic (exact) mass is 377 g/mol. The smallest absolute Gasteiger partial charge is 0.253 e. The van der Waals surface area contributed by atoms with E-state index in [1.54, 1.807) is 44.4 Å². The van der Waals surface area contributed by atoms with Crippen LogP contribution in [-0.2, 0) is 6.54 Å². The summed E-state index contributed by atoms with van der Waals surface area (Å²) in [6.07, 6.45) is 0. The largest absolute Gasteiger partial charge is 0.496 e. The topological polar surface area (TPSA) is 38.8 Å². The van der Waals surface area contributed by atoms with Crippen LogP contribution in [-0.4, -0.2) is 32.1 Å². The quantitative estimate of drug-likeness (QED) is 0.788. The summed E-state index contributed by atoms with van der Waals surface area (Å²) >= 11 is 3.41. The van der Waals surface area contributed by atoms with E-state index >= 15 is 0 Å². The number of hydrogen-bond donors (Lipinski definition) is 0. The Labute approximate surface area is 145 Å². The van der Waals surface area contributed by atoms with Crippen LogP contribution in [0.3, 0.4) is 0 Å². The second kappa shape index (κ2) is 7.51. The maximum atomic E-state index is 12.6. The summed E-state index contributed by atoms with van der Waals surface area (Å²) in [5.41, 5.74) is 2.72. The van der Waals surface area contributed by atoms with Crippen molar-refractivity contribution in [1.82, 2.24) is 4.90 Å². The SMILES string of the molecule is COc1ccc(C(=O)N(C)Cc2cc(C)ccc2OC)cc1Br. The van der Waals surface area contributed by atoms with Gasteiger partial charge in [-0.2, -0.15) is 0 Å². The molecule has 0 radical (unpaired) electrons. The van der Waals surface area contributed by atoms with Gasteiger partial charge in [-0.25, -0.2) is 0 Å². The predicted molar refractivity (Wildman–Crippen MR) is 94.2 cm³/mol. The summed E-state index contributed by atoms with van der Waals surface area (Å²) in [5.74, 6) is 1.42. The van der Waals surface area contributed by atoms with Crippen LogP contribution in [0.2, 0.25) is 0 Å². The Morgan fingerprint density at radius 1 is 1.09 bits per heavy atom. The second-order valence-electron chi connectivity index (χ2n) is 5.33. The molecule has 0 aliphatic rings. The average molecular weight is 378 g/mol. The zero-order valence-corrected chi connectivity index (χ0v) is 15.3. The first kappa shape index (κ1) is 17.3. The molecule has 0 bridgehead atoms. The molecule has 4 nitrogen and oxygen atoms in total. The van der Waals surface area contributed by atoms with E-state index in [0.29, 0.717) is 17.9 Å². The molecular formula is C18H20BrNO3. The molecule has 0 saturated heterocycles. The first-order chi connectivity index (χ1) is 11.0. The van der Waals surface area contributed by atoms with Crippen molar-refractivity contribution in [3.8, 4) is 11.5 Å². The minimum Gasteiger partial charge on any atom is -0.496 e. The van der Waals surface area contributed by atoms with Gasteiger partial charge in [-0.15, -0.1) is 0 Å². The van der Waals surface area contributed by atoms with Crippen LogP contribution in [0.4, 0.5) is 0 Å². The molecule has 2 aromatic rings. The first-order valence-corrected chi connectivity index (χ1v) is 7.98. The minimum absolute atomic E-state index is 0.0584. The number of halogens is 1. The second-order valence-corrected chi connectivity index (χ2v) is 6.18. The van der Waals surface area contributed by atoms with E-state index in [4.69, 9.17) is 9.47 Å². The van der Waals surface area contributed by atoms with Crippen molar-refractivity contribution in [2.45, 2.75) is 13.5 Å². The fourth-order valence-corrected chi connectivity index (χ4v) is 2.92. The Kier molecular flexibility index (Phi) is 5.66. The molecular weight excluding hydrogens is 358 g/mol. The third kappa shape index (κ3) is 4.05. The molecule has 0 atom stereocenters. The highest BCUT2D eigenvalue weighted by Crippen LogP contribution is 2.27. The number of carbonyl (C=O) groups is 1. The van der Waals surface area contributed by atoms with Crippen LogP contribution < -0.4 is 9.47 Å². The van der Waals surface area contributed by atoms with Crippen molar-refractivity contribution < 1.29 is 14.3 Å². The molecule has 2 aromatic carbocycles. The lowest BCUT2D eigenvalue weighted by atomic mass is 10.1. The standard InChI is InChI=1S/C18H20BrNO3/c1-12-5-7-16(22-3)14(9-12)11-20(2)18(21)13-6-8-17(23-4)15(19)10-13/h5-10H,11H2,1-4H3. The summed E-state index contributed by atoms with van der Waals surface area (Å²) in [6.45, 7) is 2.50. The molecule has 0 N–H and O–H groups in total. The van der Waals surface area contributed by atoms with Crippen LogP contribution in [0, 0.1) is 6.92 Å². The van der Waals surface area contributed by atoms with Crippen molar-refractivity contribution in [2.75, 3.05) is 21.3 Å². The lowest BCUT2D eigenvalue weighted by Crippen LogP contribution is -2.26. The van der Waals surface area contributed by atoms with Crippen molar-refractivity contribution in [3.05, 3.63) is 57.6 Å². The maximum absolute atomic E-state index is 12.6. The minimum atomic E-state index is -0.0584. The van der Waals surface area contributed by atoms with Crippen molar-refractivity contribution in [2.24, 2.45) is 0 Å². The fourth-order valence-electron chi connectivity index (χ4n) is 2.38. The van der Waals surface area contributed by atoms with Crippen LogP contribution in [0.15, 0.2) is 40.9 Å². The first-order valence-electron chi connectivity index (χ1n) is 7.18. The Bertz CT molecular complexity index is 715. The Balaban J connectivity index is 2.20. The Hall–Kier alpha value is -2.01. The fraction of sp³-hybridized carbons (Fsp3) is 0.278. The van der Waals surface area contributed by atoms with E-state index in [9.17, 15) is 4.79 Å². The maximum Gasteiger partial charge on any atom is 0.253 e. The van der Waals surface area contributed by atoms with E-state index in [1.807, 2.05) is 25.1 Å². The summed E-state index contributed by atoms with van der Waals surface area (Å²) < 4.78 is 11.3. The number of ether oxygens (including phenoxy) is 2. The van der Waals surface area contributed by atoms with Gasteiger partial charge in [0.25, 0.3) is 5.91 Å². The molecule has 0 aromatic heterocycles. The van der Waals surface area contributed by atoms with Crippen molar-refractivity contribution in [3.63, 3.8) is 0 Å². The number of aryl methyl sites for hydroxylation is 1. The van der Waals surface area contributed by atoms with Crippen LogP contribution in [0.25, 0.3) is 0 Å². The van der Waals surface area contributed by atoms with Crippen molar-refractivity contribution >= 4 is 21.8 Å². The number of rotatable bonds is 5. The zero-order chi connectivity index (χ0) is 17.0. The highest BCUT2D eigenvalue weighted by atomic mass is 79.9. The van der Waals surface area contributed by atoms with Gasteiger partial charge in [-0.3, -0.25) is 4.79 Å². The van der Waals surface area contributed by atoms with Crippen LogP contribution >= 0.6 is 15.9 Å². The lowest BCUT2D eigenvalue weighted by Gasteiger charge is -2.19. The third-order valence-electron chi connectivity index (χ3n) is 3.59. The van der Waals surface area contributed by atoms with Gasteiger partial charge in [-0.05, 0) is 47.1 Å². The summed E-state index contributed by atoms with van der Waals surface area (Å²) in [5, 5.41) is 0. The van der Waals surface area contributed by atoms with E-state index in [-0.39, 0.29) is 5.91 Å². The van der Waals surface area contributed by atoms with E-state index in [2.05, 4.69) is 15.9 Å². The summed E-state index contributed by atoms with van der Waals surface area (Å²) in [4.78, 5) is 14.3. The molecule has 0 spiro atoms. The molecule has 2 rings (SSSR count). The number of hydrogen-bond acceptors (Lipinski definition) is 3. The number of amides is 1. The molecule has 1 amide bonds. The number of nitrogens with zero attached hydrogens (tertiary/aromatic N) is 1. The summed E-state index contributed by atoms with van der Waals surface area (Å²) in [6, 6.07) is 11.3. The molecule has 0 aliphatic heterocycles. The highest BCUT2D eigenvalue weighted by molar-refractivity contribution is 9.10. The molecule has 122 valence electrons. The van der Waals surface area contributed by atoms with Gasteiger partial charge < -0.3 is 14.4 Å². The van der Waals surface area contributed by atoms with Gasteiger partial charge in [-0.1, -0.05) is 17.7 Å². The summed E-state index contributed by atoms with van der Waals surface area (Å²) in [7, 11) is 5.01. The molecule has 5 heteroatoms. The molecule has 0 heterocycles. The lowest BCUT2D eigenvalue weighted by molar-refractivity contribution is 0.0784. The number of benzene rings is 2. The molecule has 0 saturated carbocycles. The Morgan fingerprint density at radius 2 is 1.74 bits per heavy atom. The van der Waals surface area contributed by atoms with E-state index < -0.39 is 0 Å². The number of methoxy groups -OCH3 is 2. The predicted octanol–water partition coefficient (Wildman–Crippen LogP) is 4.05. The van der Waals surface area contributed by atoms with Crippen LogP contribution in [0.1, 0.15) is 21.5 Å². The van der Waals surface area contributed by atoms with Gasteiger partial charge in [0.15, 0.2) is 0 Å². The van der Waals surface area contributed by atoms with Crippen molar-refractivity contribution in [1.29, 1.82) is 0 Å². The highest BCUT2D eigenvalue weighted by Gasteiger charge is 2.15. The number of carbonyl (C=O) groups excluding carboxylic acids is 1. The van der Waals surface area contributed by atoms with Gasteiger partial charge in [0.2, 0.25) is 0 Å². The molecule has 0 fully saturated rings. The molecule has 23 heavy (non-hydrogen) atoms. The molecule has 0 aliphatic carbocycles. The van der Waals surface area contributed by atoms with E-state index in [0.717, 1.165) is 21.3 Å². The van der Waals surface area contributed by atoms with E-state index in [1.165, 1.54) is 0 Å². The normalized spacial score (nSPS) is 10.3. The Morgan fingerprint density at radius 3 is 2.35 bits per heavy atom. The van der Waals surface area contributed by atoms with Gasteiger partial charge in [0.05, 0.1) is 18.7 Å².